The zero-order valence-electron chi connectivity index (χ0n) is 15.7. The van der Waals surface area contributed by atoms with Gasteiger partial charge in [0.05, 0.1) is 11.3 Å². The molecule has 148 valence electrons. The predicted octanol–water partition coefficient (Wildman–Crippen LogP) is 1.17. The minimum atomic E-state index is -0.532. The van der Waals surface area contributed by atoms with Crippen LogP contribution in [-0.2, 0) is 9.53 Å². The van der Waals surface area contributed by atoms with Gasteiger partial charge in [0.2, 0.25) is 0 Å². The highest BCUT2D eigenvalue weighted by Crippen LogP contribution is 2.13. The Kier molecular flexibility index (Phi) is 5.46. The van der Waals surface area contributed by atoms with E-state index < -0.39 is 5.97 Å². The highest BCUT2D eigenvalue weighted by atomic mass is 16.5. The third-order valence-corrected chi connectivity index (χ3v) is 4.72. The Bertz CT molecular complexity index is 952. The molecule has 29 heavy (non-hydrogen) atoms. The molecule has 9 nitrogen and oxygen atoms in total. The standard InChI is InChI=1S/C20H20N6O3/c27-19(25-11-9-24(10-12-25)18-3-1-2-8-22-18)13-29-20(28)16-4-6-17(7-5-16)26-15-21-14-23-26/h1-8,14-15H,9-13H2. The third kappa shape index (κ3) is 4.40. The topological polar surface area (TPSA) is 93.5 Å². The molecular formula is C20H20N6O3. The highest BCUT2D eigenvalue weighted by molar-refractivity contribution is 5.91. The zero-order chi connectivity index (χ0) is 20.1. The fourth-order valence-corrected chi connectivity index (χ4v) is 3.12. The number of piperazine rings is 1. The summed E-state index contributed by atoms with van der Waals surface area (Å²) in [6, 6.07) is 12.5. The minimum absolute atomic E-state index is 0.196. The van der Waals surface area contributed by atoms with Crippen LogP contribution in [-0.4, -0.2) is 69.3 Å². The molecular weight excluding hydrogens is 372 g/mol. The Morgan fingerprint density at radius 3 is 2.45 bits per heavy atom. The van der Waals surface area contributed by atoms with Crippen LogP contribution in [0.3, 0.4) is 0 Å². The van der Waals surface area contributed by atoms with Crippen LogP contribution in [0.15, 0.2) is 61.3 Å². The number of esters is 1. The van der Waals surface area contributed by atoms with Crippen LogP contribution in [0.4, 0.5) is 5.82 Å². The fourth-order valence-electron chi connectivity index (χ4n) is 3.12. The monoisotopic (exact) mass is 392 g/mol. The van der Waals surface area contributed by atoms with Gasteiger partial charge in [0.25, 0.3) is 5.91 Å². The van der Waals surface area contributed by atoms with Gasteiger partial charge in [0, 0.05) is 32.4 Å². The van der Waals surface area contributed by atoms with Gasteiger partial charge in [-0.05, 0) is 36.4 Å². The quantitative estimate of drug-likeness (QED) is 0.602. The largest absolute Gasteiger partial charge is 0.452 e. The molecule has 0 aliphatic carbocycles. The van der Waals surface area contributed by atoms with E-state index in [0.717, 1.165) is 11.5 Å². The van der Waals surface area contributed by atoms with Crippen LogP contribution in [0.25, 0.3) is 5.69 Å². The summed E-state index contributed by atoms with van der Waals surface area (Å²) in [7, 11) is 0. The van der Waals surface area contributed by atoms with Gasteiger partial charge >= 0.3 is 5.97 Å². The summed E-state index contributed by atoms with van der Waals surface area (Å²) in [5, 5.41) is 4.03. The lowest BCUT2D eigenvalue weighted by Gasteiger charge is -2.35. The van der Waals surface area contributed by atoms with E-state index in [9.17, 15) is 9.59 Å². The number of ether oxygens (including phenoxy) is 1. The van der Waals surface area contributed by atoms with E-state index in [0.29, 0.717) is 31.7 Å². The molecule has 4 rings (SSSR count). The minimum Gasteiger partial charge on any atom is -0.452 e. The van der Waals surface area contributed by atoms with Crippen molar-refractivity contribution in [2.75, 3.05) is 37.7 Å². The molecule has 0 saturated carbocycles. The number of pyridine rings is 1. The summed E-state index contributed by atoms with van der Waals surface area (Å²) in [6.45, 7) is 2.26. The van der Waals surface area contributed by atoms with Crippen molar-refractivity contribution in [3.8, 4) is 5.69 Å². The van der Waals surface area contributed by atoms with E-state index in [4.69, 9.17) is 4.74 Å². The van der Waals surface area contributed by atoms with Crippen LogP contribution in [0.1, 0.15) is 10.4 Å². The molecule has 1 fully saturated rings. The Balaban J connectivity index is 1.26. The van der Waals surface area contributed by atoms with Gasteiger partial charge in [-0.3, -0.25) is 4.79 Å². The molecule has 0 unspecified atom stereocenters. The van der Waals surface area contributed by atoms with E-state index in [2.05, 4.69) is 20.0 Å². The zero-order valence-corrected chi connectivity index (χ0v) is 15.7. The maximum atomic E-state index is 12.4. The molecule has 0 atom stereocenters. The fraction of sp³-hybridized carbons (Fsp3) is 0.250. The normalized spacial score (nSPS) is 13.9. The van der Waals surface area contributed by atoms with E-state index in [1.807, 2.05) is 18.2 Å². The second-order valence-electron chi connectivity index (χ2n) is 6.52. The summed E-state index contributed by atoms with van der Waals surface area (Å²) in [5.41, 5.74) is 1.16. The van der Waals surface area contributed by atoms with Crippen molar-refractivity contribution in [2.45, 2.75) is 0 Å². The van der Waals surface area contributed by atoms with Crippen molar-refractivity contribution in [1.29, 1.82) is 0 Å². The van der Waals surface area contributed by atoms with E-state index in [1.165, 1.54) is 6.33 Å². The predicted molar refractivity (Wildman–Crippen MR) is 105 cm³/mol. The van der Waals surface area contributed by atoms with Crippen LogP contribution < -0.4 is 4.90 Å². The van der Waals surface area contributed by atoms with Crippen LogP contribution >= 0.6 is 0 Å². The average molecular weight is 392 g/mol. The number of benzene rings is 1. The van der Waals surface area contributed by atoms with Gasteiger partial charge in [-0.15, -0.1) is 0 Å². The molecule has 0 bridgehead atoms. The Morgan fingerprint density at radius 1 is 1.00 bits per heavy atom. The first-order valence-corrected chi connectivity index (χ1v) is 9.26. The van der Waals surface area contributed by atoms with Crippen molar-refractivity contribution in [2.24, 2.45) is 0 Å². The number of nitrogens with zero attached hydrogens (tertiary/aromatic N) is 6. The van der Waals surface area contributed by atoms with E-state index in [-0.39, 0.29) is 12.5 Å². The molecule has 1 saturated heterocycles. The third-order valence-electron chi connectivity index (χ3n) is 4.72. The van der Waals surface area contributed by atoms with Crippen LogP contribution in [0.2, 0.25) is 0 Å². The lowest BCUT2D eigenvalue weighted by Crippen LogP contribution is -2.50. The van der Waals surface area contributed by atoms with Gasteiger partial charge in [-0.25, -0.2) is 19.4 Å². The maximum Gasteiger partial charge on any atom is 0.338 e. The Hall–Kier alpha value is -3.75. The van der Waals surface area contributed by atoms with Crippen molar-refractivity contribution >= 4 is 17.7 Å². The van der Waals surface area contributed by atoms with Crippen molar-refractivity contribution in [3.05, 3.63) is 66.9 Å². The first-order chi connectivity index (χ1) is 14.2. The number of anilines is 1. The molecule has 2 aromatic heterocycles. The lowest BCUT2D eigenvalue weighted by atomic mass is 10.2. The molecule has 1 aromatic carbocycles. The number of hydrogen-bond acceptors (Lipinski definition) is 7. The van der Waals surface area contributed by atoms with Gasteiger partial charge in [0.15, 0.2) is 6.61 Å². The molecule has 3 heterocycles. The van der Waals surface area contributed by atoms with Crippen molar-refractivity contribution < 1.29 is 14.3 Å². The van der Waals surface area contributed by atoms with Crippen LogP contribution in [0.5, 0.6) is 0 Å². The summed E-state index contributed by atoms with van der Waals surface area (Å²) < 4.78 is 6.78. The molecule has 0 spiro atoms. The molecule has 3 aromatic rings. The summed E-state index contributed by atoms with van der Waals surface area (Å²) in [4.78, 5) is 36.7. The van der Waals surface area contributed by atoms with E-state index in [1.54, 1.807) is 46.4 Å². The summed E-state index contributed by atoms with van der Waals surface area (Å²) in [5.74, 6) is 0.175. The lowest BCUT2D eigenvalue weighted by molar-refractivity contribution is -0.134. The van der Waals surface area contributed by atoms with Gasteiger partial charge in [-0.1, -0.05) is 6.07 Å². The second kappa shape index (κ2) is 8.51. The summed E-state index contributed by atoms with van der Waals surface area (Å²) >= 11 is 0. The van der Waals surface area contributed by atoms with Gasteiger partial charge < -0.3 is 14.5 Å². The first kappa shape index (κ1) is 18.6. The van der Waals surface area contributed by atoms with Gasteiger partial charge in [-0.2, -0.15) is 5.10 Å². The second-order valence-corrected chi connectivity index (χ2v) is 6.52. The molecule has 0 N–H and O–H groups in total. The average Bonchev–Trinajstić information content (AvgIpc) is 3.33. The van der Waals surface area contributed by atoms with Crippen molar-refractivity contribution in [1.82, 2.24) is 24.6 Å². The number of carbonyl (C=O) groups excluding carboxylic acids is 2. The molecule has 1 amide bonds. The smallest absolute Gasteiger partial charge is 0.338 e. The SMILES string of the molecule is O=C(OCC(=O)N1CCN(c2ccccn2)CC1)c1ccc(-n2cncn2)cc1. The number of amides is 1. The number of rotatable bonds is 5. The molecule has 1 aliphatic rings. The number of aromatic nitrogens is 4. The van der Waals surface area contributed by atoms with Crippen molar-refractivity contribution in [3.63, 3.8) is 0 Å². The maximum absolute atomic E-state index is 12.4. The van der Waals surface area contributed by atoms with E-state index >= 15 is 0 Å². The Labute approximate surface area is 167 Å². The van der Waals surface area contributed by atoms with Gasteiger partial charge in [0.1, 0.15) is 18.5 Å². The molecule has 9 heteroatoms. The van der Waals surface area contributed by atoms with Crippen LogP contribution in [0, 0.1) is 0 Å². The first-order valence-electron chi connectivity index (χ1n) is 9.26. The number of hydrogen-bond donors (Lipinski definition) is 0. The highest BCUT2D eigenvalue weighted by Gasteiger charge is 2.22. The molecule has 0 radical (unpaired) electrons. The molecule has 1 aliphatic heterocycles. The number of carbonyl (C=O) groups is 2. The Morgan fingerprint density at radius 2 is 1.79 bits per heavy atom. The summed E-state index contributed by atoms with van der Waals surface area (Å²) in [6.07, 6.45) is 4.76.